The predicted octanol–water partition coefficient (Wildman–Crippen LogP) is 1.72. The SMILES string of the molecule is CCCCNCC(=O)Nc1ccc(C(=O)N(C)C)cc1. The van der Waals surface area contributed by atoms with Gasteiger partial charge in [0.25, 0.3) is 5.91 Å². The maximum absolute atomic E-state index is 11.7. The summed E-state index contributed by atoms with van der Waals surface area (Å²) in [5.74, 6) is -0.128. The van der Waals surface area contributed by atoms with Crippen LogP contribution in [0.1, 0.15) is 30.1 Å². The second-order valence-electron chi connectivity index (χ2n) is 4.86. The molecule has 0 aliphatic rings. The lowest BCUT2D eigenvalue weighted by Crippen LogP contribution is -2.28. The molecule has 0 saturated heterocycles. The molecule has 1 aromatic carbocycles. The van der Waals surface area contributed by atoms with Gasteiger partial charge >= 0.3 is 0 Å². The second-order valence-corrected chi connectivity index (χ2v) is 4.86. The van der Waals surface area contributed by atoms with Crippen LogP contribution in [0, 0.1) is 0 Å². The van der Waals surface area contributed by atoms with Gasteiger partial charge in [0.1, 0.15) is 0 Å². The quantitative estimate of drug-likeness (QED) is 0.746. The third kappa shape index (κ3) is 5.40. The maximum atomic E-state index is 11.7. The highest BCUT2D eigenvalue weighted by molar-refractivity contribution is 5.95. The topological polar surface area (TPSA) is 61.4 Å². The molecule has 2 N–H and O–H groups in total. The van der Waals surface area contributed by atoms with E-state index in [4.69, 9.17) is 0 Å². The zero-order chi connectivity index (χ0) is 15.0. The first-order valence-corrected chi connectivity index (χ1v) is 6.87. The van der Waals surface area contributed by atoms with Gasteiger partial charge in [-0.2, -0.15) is 0 Å². The average Bonchev–Trinajstić information content (AvgIpc) is 2.43. The molecule has 110 valence electrons. The molecule has 0 unspecified atom stereocenters. The first-order valence-electron chi connectivity index (χ1n) is 6.87. The van der Waals surface area contributed by atoms with E-state index in [9.17, 15) is 9.59 Å². The molecular formula is C15H23N3O2. The van der Waals surface area contributed by atoms with Crippen molar-refractivity contribution < 1.29 is 9.59 Å². The minimum atomic E-state index is -0.0761. The Morgan fingerprint density at radius 1 is 1.15 bits per heavy atom. The highest BCUT2D eigenvalue weighted by Crippen LogP contribution is 2.10. The van der Waals surface area contributed by atoms with E-state index in [1.54, 1.807) is 38.4 Å². The van der Waals surface area contributed by atoms with E-state index < -0.39 is 0 Å². The van der Waals surface area contributed by atoms with Crippen molar-refractivity contribution in [1.29, 1.82) is 0 Å². The van der Waals surface area contributed by atoms with E-state index in [1.165, 1.54) is 4.90 Å². The highest BCUT2D eigenvalue weighted by atomic mass is 16.2. The van der Waals surface area contributed by atoms with Crippen LogP contribution in [0.2, 0.25) is 0 Å². The highest BCUT2D eigenvalue weighted by Gasteiger charge is 2.08. The Kier molecular flexibility index (Phi) is 6.73. The molecular weight excluding hydrogens is 254 g/mol. The summed E-state index contributed by atoms with van der Waals surface area (Å²) in [6.07, 6.45) is 2.17. The Labute approximate surface area is 120 Å². The normalized spacial score (nSPS) is 10.2. The summed E-state index contributed by atoms with van der Waals surface area (Å²) in [6, 6.07) is 6.90. The minimum Gasteiger partial charge on any atom is -0.345 e. The number of nitrogens with zero attached hydrogens (tertiary/aromatic N) is 1. The van der Waals surface area contributed by atoms with Crippen LogP contribution >= 0.6 is 0 Å². The fourth-order valence-corrected chi connectivity index (χ4v) is 1.66. The van der Waals surface area contributed by atoms with Gasteiger partial charge < -0.3 is 15.5 Å². The number of nitrogens with one attached hydrogen (secondary N) is 2. The number of unbranched alkanes of at least 4 members (excludes halogenated alkanes) is 1. The van der Waals surface area contributed by atoms with Gasteiger partial charge in [0.15, 0.2) is 0 Å². The fourth-order valence-electron chi connectivity index (χ4n) is 1.66. The lowest BCUT2D eigenvalue weighted by molar-refractivity contribution is -0.115. The summed E-state index contributed by atoms with van der Waals surface area (Å²) in [5, 5.41) is 5.87. The van der Waals surface area contributed by atoms with Crippen LogP contribution in [0.3, 0.4) is 0 Å². The Morgan fingerprint density at radius 3 is 2.35 bits per heavy atom. The Morgan fingerprint density at radius 2 is 1.80 bits per heavy atom. The van der Waals surface area contributed by atoms with Gasteiger partial charge in [-0.25, -0.2) is 0 Å². The zero-order valence-electron chi connectivity index (χ0n) is 12.4. The lowest BCUT2D eigenvalue weighted by Gasteiger charge is -2.11. The van der Waals surface area contributed by atoms with Crippen molar-refractivity contribution in [3.63, 3.8) is 0 Å². The molecule has 0 aliphatic heterocycles. The summed E-state index contributed by atoms with van der Waals surface area (Å²) in [4.78, 5) is 24.9. The van der Waals surface area contributed by atoms with Crippen molar-refractivity contribution in [2.75, 3.05) is 32.5 Å². The number of carbonyl (C=O) groups is 2. The van der Waals surface area contributed by atoms with Crippen molar-refractivity contribution in [1.82, 2.24) is 10.2 Å². The molecule has 20 heavy (non-hydrogen) atoms. The number of amides is 2. The molecule has 5 heteroatoms. The van der Waals surface area contributed by atoms with Gasteiger partial charge in [0.05, 0.1) is 6.54 Å². The van der Waals surface area contributed by atoms with E-state index in [2.05, 4.69) is 17.6 Å². The Balaban J connectivity index is 2.45. The summed E-state index contributed by atoms with van der Waals surface area (Å²) in [7, 11) is 3.42. The molecule has 0 heterocycles. The van der Waals surface area contributed by atoms with Crippen LogP contribution in [-0.4, -0.2) is 43.9 Å². The molecule has 0 bridgehead atoms. The summed E-state index contributed by atoms with van der Waals surface area (Å²) < 4.78 is 0. The summed E-state index contributed by atoms with van der Waals surface area (Å²) in [5.41, 5.74) is 1.30. The molecule has 0 aliphatic carbocycles. The van der Waals surface area contributed by atoms with Crippen molar-refractivity contribution in [2.24, 2.45) is 0 Å². The monoisotopic (exact) mass is 277 g/mol. The predicted molar refractivity (Wildman–Crippen MR) is 80.9 cm³/mol. The third-order valence-corrected chi connectivity index (χ3v) is 2.81. The summed E-state index contributed by atoms with van der Waals surface area (Å²) in [6.45, 7) is 3.26. The van der Waals surface area contributed by atoms with Gasteiger partial charge in [-0.1, -0.05) is 13.3 Å². The van der Waals surface area contributed by atoms with Crippen LogP contribution in [0.25, 0.3) is 0 Å². The van der Waals surface area contributed by atoms with Crippen LogP contribution < -0.4 is 10.6 Å². The van der Waals surface area contributed by atoms with Gasteiger partial charge in [-0.3, -0.25) is 9.59 Å². The van der Waals surface area contributed by atoms with Crippen molar-refractivity contribution >= 4 is 17.5 Å². The van der Waals surface area contributed by atoms with Crippen molar-refractivity contribution in [3.05, 3.63) is 29.8 Å². The molecule has 1 rings (SSSR count). The van der Waals surface area contributed by atoms with Gasteiger partial charge in [0, 0.05) is 25.3 Å². The largest absolute Gasteiger partial charge is 0.345 e. The maximum Gasteiger partial charge on any atom is 0.253 e. The average molecular weight is 277 g/mol. The van der Waals surface area contributed by atoms with E-state index >= 15 is 0 Å². The van der Waals surface area contributed by atoms with Gasteiger partial charge in [-0.15, -0.1) is 0 Å². The number of hydrogen-bond donors (Lipinski definition) is 2. The smallest absolute Gasteiger partial charge is 0.253 e. The van der Waals surface area contributed by atoms with E-state index in [0.717, 1.165) is 19.4 Å². The molecule has 5 nitrogen and oxygen atoms in total. The lowest BCUT2D eigenvalue weighted by atomic mass is 10.2. The molecule has 0 spiro atoms. The van der Waals surface area contributed by atoms with Crippen molar-refractivity contribution in [2.45, 2.75) is 19.8 Å². The first-order chi connectivity index (χ1) is 9.54. The van der Waals surface area contributed by atoms with E-state index in [0.29, 0.717) is 17.8 Å². The number of rotatable bonds is 7. The summed E-state index contributed by atoms with van der Waals surface area (Å²) >= 11 is 0. The zero-order valence-corrected chi connectivity index (χ0v) is 12.4. The van der Waals surface area contributed by atoms with Crippen LogP contribution in [0.4, 0.5) is 5.69 Å². The number of carbonyl (C=O) groups excluding carboxylic acids is 2. The third-order valence-electron chi connectivity index (χ3n) is 2.81. The van der Waals surface area contributed by atoms with Crippen LogP contribution in [0.5, 0.6) is 0 Å². The molecule has 1 aromatic rings. The molecule has 0 atom stereocenters. The van der Waals surface area contributed by atoms with Crippen molar-refractivity contribution in [3.8, 4) is 0 Å². The molecule has 0 saturated carbocycles. The molecule has 0 radical (unpaired) electrons. The van der Waals surface area contributed by atoms with E-state index in [1.807, 2.05) is 0 Å². The molecule has 0 aromatic heterocycles. The standard InChI is InChI=1S/C15H23N3O2/c1-4-5-10-16-11-14(19)17-13-8-6-12(7-9-13)15(20)18(2)3/h6-9,16H,4-5,10-11H2,1-3H3,(H,17,19). The number of anilines is 1. The fraction of sp³-hybridized carbons (Fsp3) is 0.467. The second kappa shape index (κ2) is 8.32. The van der Waals surface area contributed by atoms with Gasteiger partial charge in [-0.05, 0) is 37.2 Å². The Bertz CT molecular complexity index is 441. The van der Waals surface area contributed by atoms with E-state index in [-0.39, 0.29) is 11.8 Å². The first kappa shape index (κ1) is 16.2. The van der Waals surface area contributed by atoms with Crippen LogP contribution in [-0.2, 0) is 4.79 Å². The van der Waals surface area contributed by atoms with Gasteiger partial charge in [0.2, 0.25) is 5.91 Å². The molecule has 2 amide bonds. The number of benzene rings is 1. The number of hydrogen-bond acceptors (Lipinski definition) is 3. The van der Waals surface area contributed by atoms with Crippen LogP contribution in [0.15, 0.2) is 24.3 Å². The Hall–Kier alpha value is -1.88. The minimum absolute atomic E-state index is 0.0518. The molecule has 0 fully saturated rings.